The van der Waals surface area contributed by atoms with E-state index in [2.05, 4.69) is 0 Å². The smallest absolute Gasteiger partial charge is 0.136 e. The maximum Gasteiger partial charge on any atom is 0.136 e. The first-order chi connectivity index (χ1) is 8.77. The van der Waals surface area contributed by atoms with E-state index in [0.717, 1.165) is 50.0 Å². The zero-order chi connectivity index (χ0) is 12.8. The summed E-state index contributed by atoms with van der Waals surface area (Å²) in [5.41, 5.74) is 0. The normalized spacial score (nSPS) is 29.6. The molecule has 0 aromatic carbocycles. The molecule has 2 unspecified atom stereocenters. The molecule has 0 saturated heterocycles. The van der Waals surface area contributed by atoms with Crippen molar-refractivity contribution in [3.63, 3.8) is 0 Å². The lowest BCUT2D eigenvalue weighted by Crippen LogP contribution is -2.22. The predicted molar refractivity (Wildman–Crippen MR) is 78.8 cm³/mol. The Morgan fingerprint density at radius 3 is 1.61 bits per heavy atom. The van der Waals surface area contributed by atoms with E-state index < -0.39 is 0 Å². The van der Waals surface area contributed by atoms with Crippen molar-refractivity contribution in [2.24, 2.45) is 11.8 Å². The van der Waals surface area contributed by atoms with Gasteiger partial charge in [-0.3, -0.25) is 9.59 Å². The van der Waals surface area contributed by atoms with Gasteiger partial charge in [-0.1, -0.05) is 34.4 Å². The quantitative estimate of drug-likeness (QED) is 0.567. The lowest BCUT2D eigenvalue weighted by molar-refractivity contribution is -0.124. The van der Waals surface area contributed by atoms with Gasteiger partial charge in [0.2, 0.25) is 0 Å². The van der Waals surface area contributed by atoms with Crippen LogP contribution in [-0.4, -0.2) is 23.1 Å². The number of rotatable bonds is 5. The van der Waals surface area contributed by atoms with Crippen LogP contribution in [0, 0.1) is 11.8 Å². The molecule has 2 fully saturated rings. The molecule has 0 heterocycles. The first kappa shape index (κ1) is 14.4. The van der Waals surface area contributed by atoms with E-state index in [1.54, 1.807) is 21.6 Å². The Bertz CT molecular complexity index is 274. The maximum atomic E-state index is 11.7. The summed E-state index contributed by atoms with van der Waals surface area (Å²) >= 11 is 0. The fraction of sp³-hybridized carbons (Fsp3) is 0.857. The van der Waals surface area contributed by atoms with Gasteiger partial charge in [-0.25, -0.2) is 0 Å². The number of hydrogen-bond acceptors (Lipinski definition) is 4. The molecule has 0 amide bonds. The molecule has 2 rings (SSSR count). The van der Waals surface area contributed by atoms with Crippen molar-refractivity contribution in [3.8, 4) is 0 Å². The van der Waals surface area contributed by atoms with Crippen molar-refractivity contribution in [3.05, 3.63) is 0 Å². The second-order valence-corrected chi connectivity index (χ2v) is 7.94. The Morgan fingerprint density at radius 2 is 1.22 bits per heavy atom. The van der Waals surface area contributed by atoms with Crippen molar-refractivity contribution in [2.75, 3.05) is 11.5 Å². The van der Waals surface area contributed by atoms with E-state index in [1.807, 2.05) is 0 Å². The summed E-state index contributed by atoms with van der Waals surface area (Å²) < 4.78 is 0. The Kier molecular flexibility index (Phi) is 6.09. The lowest BCUT2D eigenvalue weighted by Gasteiger charge is -2.21. The van der Waals surface area contributed by atoms with Crippen molar-refractivity contribution < 1.29 is 9.59 Å². The molecule has 2 aliphatic rings. The van der Waals surface area contributed by atoms with Gasteiger partial charge < -0.3 is 0 Å². The summed E-state index contributed by atoms with van der Waals surface area (Å²) in [6, 6.07) is 0. The van der Waals surface area contributed by atoms with E-state index in [4.69, 9.17) is 0 Å². The summed E-state index contributed by atoms with van der Waals surface area (Å²) in [5, 5.41) is 0. The minimum atomic E-state index is 0.290. The first-order valence-electron chi connectivity index (χ1n) is 7.07. The Labute approximate surface area is 117 Å². The summed E-state index contributed by atoms with van der Waals surface area (Å²) in [5.74, 6) is 3.40. The average Bonchev–Trinajstić information content (AvgIpc) is 2.38. The zero-order valence-corrected chi connectivity index (χ0v) is 12.5. The van der Waals surface area contributed by atoms with Crippen molar-refractivity contribution in [1.82, 2.24) is 0 Å². The highest BCUT2D eigenvalue weighted by atomic mass is 33.1. The SMILES string of the molecule is O=C1CCCCC1CSSCC1CCCCC1=O. The van der Waals surface area contributed by atoms with Crippen LogP contribution in [0.4, 0.5) is 0 Å². The van der Waals surface area contributed by atoms with Crippen LogP contribution in [0.5, 0.6) is 0 Å². The van der Waals surface area contributed by atoms with Gasteiger partial charge in [0.05, 0.1) is 0 Å². The number of carbonyl (C=O) groups excluding carboxylic acids is 2. The maximum absolute atomic E-state index is 11.7. The number of ketones is 2. The molecular formula is C14H22O2S2. The van der Waals surface area contributed by atoms with Gasteiger partial charge in [0, 0.05) is 36.2 Å². The van der Waals surface area contributed by atoms with Crippen LogP contribution in [-0.2, 0) is 9.59 Å². The fourth-order valence-corrected chi connectivity index (χ4v) is 5.51. The third-order valence-corrected chi connectivity index (χ3v) is 6.54. The molecule has 0 aromatic rings. The van der Waals surface area contributed by atoms with E-state index in [1.165, 1.54) is 12.8 Å². The van der Waals surface area contributed by atoms with Crippen LogP contribution < -0.4 is 0 Å². The standard InChI is InChI=1S/C14H22O2S2/c15-13-7-3-1-5-11(13)9-17-18-10-12-6-2-4-8-14(12)16/h11-12H,1-10H2. The summed E-state index contributed by atoms with van der Waals surface area (Å²) in [4.78, 5) is 23.3. The largest absolute Gasteiger partial charge is 0.299 e. The molecule has 0 aromatic heterocycles. The van der Waals surface area contributed by atoms with Crippen molar-refractivity contribution in [1.29, 1.82) is 0 Å². The van der Waals surface area contributed by atoms with E-state index in [-0.39, 0.29) is 0 Å². The highest BCUT2D eigenvalue weighted by Crippen LogP contribution is 2.33. The lowest BCUT2D eigenvalue weighted by atomic mass is 9.89. The molecule has 0 radical (unpaired) electrons. The topological polar surface area (TPSA) is 34.1 Å². The van der Waals surface area contributed by atoms with Gasteiger partial charge in [-0.15, -0.1) is 0 Å². The molecule has 0 spiro atoms. The third-order valence-electron chi connectivity index (χ3n) is 3.98. The van der Waals surface area contributed by atoms with Crippen LogP contribution in [0.15, 0.2) is 0 Å². The predicted octanol–water partition coefficient (Wildman–Crippen LogP) is 3.89. The Hall–Kier alpha value is 0.0400. The summed E-state index contributed by atoms with van der Waals surface area (Å²) in [7, 11) is 3.61. The molecule has 2 saturated carbocycles. The summed E-state index contributed by atoms with van der Waals surface area (Å²) in [6.45, 7) is 0. The summed E-state index contributed by atoms with van der Waals surface area (Å²) in [6.07, 6.45) is 8.33. The highest BCUT2D eigenvalue weighted by Gasteiger charge is 2.24. The third kappa shape index (κ3) is 4.30. The molecule has 18 heavy (non-hydrogen) atoms. The van der Waals surface area contributed by atoms with Crippen LogP contribution in [0.2, 0.25) is 0 Å². The van der Waals surface area contributed by atoms with Gasteiger partial charge in [0.15, 0.2) is 0 Å². The Morgan fingerprint density at radius 1 is 0.778 bits per heavy atom. The van der Waals surface area contributed by atoms with Crippen molar-refractivity contribution in [2.45, 2.75) is 51.4 Å². The van der Waals surface area contributed by atoms with Gasteiger partial charge in [-0.2, -0.15) is 0 Å². The molecule has 2 nitrogen and oxygen atoms in total. The molecule has 4 heteroatoms. The molecule has 2 atom stereocenters. The van der Waals surface area contributed by atoms with E-state index in [9.17, 15) is 9.59 Å². The first-order valence-corrected chi connectivity index (χ1v) is 9.56. The molecule has 2 aliphatic carbocycles. The molecule has 0 bridgehead atoms. The number of carbonyl (C=O) groups is 2. The second kappa shape index (κ2) is 7.59. The second-order valence-electron chi connectivity index (χ2n) is 5.39. The van der Waals surface area contributed by atoms with Crippen LogP contribution in [0.25, 0.3) is 0 Å². The van der Waals surface area contributed by atoms with Gasteiger partial charge >= 0.3 is 0 Å². The van der Waals surface area contributed by atoms with E-state index in [0.29, 0.717) is 23.4 Å². The van der Waals surface area contributed by atoms with E-state index >= 15 is 0 Å². The van der Waals surface area contributed by atoms with Crippen molar-refractivity contribution >= 4 is 33.2 Å². The fourth-order valence-electron chi connectivity index (χ4n) is 2.72. The monoisotopic (exact) mass is 286 g/mol. The van der Waals surface area contributed by atoms with Gasteiger partial charge in [0.1, 0.15) is 11.6 Å². The number of hydrogen-bond donors (Lipinski definition) is 0. The molecule has 0 N–H and O–H groups in total. The molecular weight excluding hydrogens is 264 g/mol. The van der Waals surface area contributed by atoms with Crippen LogP contribution >= 0.6 is 21.6 Å². The number of Topliss-reactive ketones (excluding diaryl/α,β-unsaturated/α-hetero) is 2. The minimum absolute atomic E-state index is 0.290. The average molecular weight is 286 g/mol. The van der Waals surface area contributed by atoms with Crippen LogP contribution in [0.1, 0.15) is 51.4 Å². The molecule has 0 aliphatic heterocycles. The Balaban J connectivity index is 1.60. The van der Waals surface area contributed by atoms with Crippen LogP contribution in [0.3, 0.4) is 0 Å². The van der Waals surface area contributed by atoms with Gasteiger partial charge in [-0.05, 0) is 25.7 Å². The highest BCUT2D eigenvalue weighted by molar-refractivity contribution is 8.76. The van der Waals surface area contributed by atoms with Gasteiger partial charge in [0.25, 0.3) is 0 Å². The minimum Gasteiger partial charge on any atom is -0.299 e. The zero-order valence-electron chi connectivity index (χ0n) is 10.9. The molecule has 102 valence electrons.